The molecule has 0 bridgehead atoms. The molecule has 1 aromatic rings. The molecule has 4 nitrogen and oxygen atoms in total. The number of aliphatic hydroxyl groups is 2. The Hall–Kier alpha value is -0.780. The summed E-state index contributed by atoms with van der Waals surface area (Å²) in [4.78, 5) is 4.11. The van der Waals surface area contributed by atoms with E-state index < -0.39 is 6.10 Å². The SMILES string of the molecule is CNc1cc(CSCC(O)CO)ccn1. The van der Waals surface area contributed by atoms with Crippen molar-refractivity contribution in [2.75, 3.05) is 24.7 Å². The first-order chi connectivity index (χ1) is 7.26. The summed E-state index contributed by atoms with van der Waals surface area (Å²) < 4.78 is 0. The standard InChI is InChI=1S/C10H16N2O2S/c1-11-10-4-8(2-3-12-10)6-15-7-9(14)5-13/h2-4,9,13-14H,5-7H2,1H3,(H,11,12). The van der Waals surface area contributed by atoms with Crippen LogP contribution in [-0.2, 0) is 5.75 Å². The van der Waals surface area contributed by atoms with Crippen molar-refractivity contribution < 1.29 is 10.2 Å². The maximum Gasteiger partial charge on any atom is 0.125 e. The molecule has 0 aliphatic rings. The maximum atomic E-state index is 9.14. The van der Waals surface area contributed by atoms with E-state index in [2.05, 4.69) is 10.3 Å². The Bertz CT molecular complexity index is 297. The van der Waals surface area contributed by atoms with Gasteiger partial charge in [-0.1, -0.05) is 0 Å². The van der Waals surface area contributed by atoms with Gasteiger partial charge in [0.2, 0.25) is 0 Å². The Kier molecular flexibility index (Phi) is 5.45. The number of aliphatic hydroxyl groups excluding tert-OH is 2. The van der Waals surface area contributed by atoms with Crippen LogP contribution in [0.3, 0.4) is 0 Å². The molecule has 0 saturated carbocycles. The van der Waals surface area contributed by atoms with Crippen LogP contribution in [0.2, 0.25) is 0 Å². The second kappa shape index (κ2) is 6.66. The van der Waals surface area contributed by atoms with Crippen molar-refractivity contribution in [3.05, 3.63) is 23.9 Å². The lowest BCUT2D eigenvalue weighted by Gasteiger charge is -2.07. The molecule has 1 heterocycles. The molecule has 3 N–H and O–H groups in total. The Morgan fingerprint density at radius 2 is 2.40 bits per heavy atom. The highest BCUT2D eigenvalue weighted by molar-refractivity contribution is 7.98. The number of anilines is 1. The highest BCUT2D eigenvalue weighted by Gasteiger charge is 2.02. The van der Waals surface area contributed by atoms with Crippen LogP contribution in [0.25, 0.3) is 0 Å². The highest BCUT2D eigenvalue weighted by atomic mass is 32.2. The summed E-state index contributed by atoms with van der Waals surface area (Å²) in [6.45, 7) is -0.175. The van der Waals surface area contributed by atoms with E-state index >= 15 is 0 Å². The molecule has 0 radical (unpaired) electrons. The Balaban J connectivity index is 2.37. The molecule has 0 spiro atoms. The molecular weight excluding hydrogens is 212 g/mol. The van der Waals surface area contributed by atoms with Gasteiger partial charge >= 0.3 is 0 Å². The van der Waals surface area contributed by atoms with Crippen LogP contribution in [0.5, 0.6) is 0 Å². The molecule has 5 heteroatoms. The average Bonchev–Trinajstić information content (AvgIpc) is 2.29. The third kappa shape index (κ3) is 4.51. The van der Waals surface area contributed by atoms with E-state index in [-0.39, 0.29) is 6.61 Å². The van der Waals surface area contributed by atoms with Crippen LogP contribution < -0.4 is 5.32 Å². The summed E-state index contributed by atoms with van der Waals surface area (Å²) in [6.07, 6.45) is 1.13. The maximum absolute atomic E-state index is 9.14. The highest BCUT2D eigenvalue weighted by Crippen LogP contribution is 2.14. The van der Waals surface area contributed by atoms with E-state index in [1.807, 2.05) is 19.2 Å². The lowest BCUT2D eigenvalue weighted by atomic mass is 10.3. The van der Waals surface area contributed by atoms with Crippen molar-refractivity contribution in [3.63, 3.8) is 0 Å². The summed E-state index contributed by atoms with van der Waals surface area (Å²) in [5.74, 6) is 2.21. The second-order valence-corrected chi connectivity index (χ2v) is 4.18. The zero-order valence-corrected chi connectivity index (χ0v) is 9.50. The smallest absolute Gasteiger partial charge is 0.125 e. The number of hydrogen-bond acceptors (Lipinski definition) is 5. The predicted octanol–water partition coefficient (Wildman–Crippen LogP) is 0.710. The van der Waals surface area contributed by atoms with Crippen LogP contribution in [0.15, 0.2) is 18.3 Å². The fraction of sp³-hybridized carbons (Fsp3) is 0.500. The summed E-state index contributed by atoms with van der Waals surface area (Å²) in [5.41, 5.74) is 1.16. The molecular formula is C10H16N2O2S. The van der Waals surface area contributed by atoms with Gasteiger partial charge in [-0.25, -0.2) is 4.98 Å². The third-order valence-electron chi connectivity index (χ3n) is 1.87. The van der Waals surface area contributed by atoms with E-state index in [0.717, 1.165) is 17.1 Å². The molecule has 0 fully saturated rings. The van der Waals surface area contributed by atoms with Gasteiger partial charge in [-0.3, -0.25) is 0 Å². The molecule has 0 saturated heterocycles. The normalized spacial score (nSPS) is 12.5. The van der Waals surface area contributed by atoms with Gasteiger partial charge in [-0.15, -0.1) is 0 Å². The molecule has 1 unspecified atom stereocenters. The predicted molar refractivity (Wildman–Crippen MR) is 63.0 cm³/mol. The molecule has 1 rings (SSSR count). The van der Waals surface area contributed by atoms with Crippen LogP contribution in [-0.4, -0.2) is 40.7 Å². The monoisotopic (exact) mass is 228 g/mol. The summed E-state index contributed by atoms with van der Waals surface area (Å²) in [7, 11) is 1.83. The first kappa shape index (κ1) is 12.3. The van der Waals surface area contributed by atoms with Crippen LogP contribution in [0.1, 0.15) is 5.56 Å². The van der Waals surface area contributed by atoms with Crippen LogP contribution in [0.4, 0.5) is 5.82 Å². The largest absolute Gasteiger partial charge is 0.394 e. The fourth-order valence-electron chi connectivity index (χ4n) is 1.07. The lowest BCUT2D eigenvalue weighted by molar-refractivity contribution is 0.113. The number of thioether (sulfide) groups is 1. The van der Waals surface area contributed by atoms with Gasteiger partial charge in [-0.05, 0) is 17.7 Å². The van der Waals surface area contributed by atoms with Gasteiger partial charge in [0.05, 0.1) is 12.7 Å². The van der Waals surface area contributed by atoms with E-state index in [1.165, 1.54) is 0 Å². The molecule has 0 aliphatic carbocycles. The van der Waals surface area contributed by atoms with E-state index in [0.29, 0.717) is 5.75 Å². The minimum absolute atomic E-state index is 0.175. The van der Waals surface area contributed by atoms with E-state index in [9.17, 15) is 0 Å². The van der Waals surface area contributed by atoms with E-state index in [1.54, 1.807) is 18.0 Å². The summed E-state index contributed by atoms with van der Waals surface area (Å²) in [5, 5.41) is 20.7. The van der Waals surface area contributed by atoms with Crippen LogP contribution >= 0.6 is 11.8 Å². The number of pyridine rings is 1. The quantitative estimate of drug-likeness (QED) is 0.669. The zero-order chi connectivity index (χ0) is 11.1. The molecule has 1 atom stereocenters. The first-order valence-electron chi connectivity index (χ1n) is 4.75. The van der Waals surface area contributed by atoms with Crippen molar-refractivity contribution in [1.29, 1.82) is 0 Å². The van der Waals surface area contributed by atoms with Gasteiger partial charge in [-0.2, -0.15) is 11.8 Å². The molecule has 15 heavy (non-hydrogen) atoms. The molecule has 1 aromatic heterocycles. The Morgan fingerprint density at radius 3 is 3.07 bits per heavy atom. The average molecular weight is 228 g/mol. The number of hydrogen-bond donors (Lipinski definition) is 3. The van der Waals surface area contributed by atoms with Gasteiger partial charge in [0.25, 0.3) is 0 Å². The molecule has 0 amide bonds. The second-order valence-electron chi connectivity index (χ2n) is 3.15. The fourth-order valence-corrected chi connectivity index (χ4v) is 1.98. The zero-order valence-electron chi connectivity index (χ0n) is 8.68. The third-order valence-corrected chi connectivity index (χ3v) is 3.03. The van der Waals surface area contributed by atoms with E-state index in [4.69, 9.17) is 10.2 Å². The topological polar surface area (TPSA) is 65.4 Å². The van der Waals surface area contributed by atoms with Crippen LogP contribution in [0, 0.1) is 0 Å². The Morgan fingerprint density at radius 1 is 1.60 bits per heavy atom. The van der Waals surface area contributed by atoms with Crippen molar-refractivity contribution in [2.24, 2.45) is 0 Å². The van der Waals surface area contributed by atoms with Gasteiger partial charge < -0.3 is 15.5 Å². The number of nitrogens with one attached hydrogen (secondary N) is 1. The van der Waals surface area contributed by atoms with Gasteiger partial charge in [0.15, 0.2) is 0 Å². The lowest BCUT2D eigenvalue weighted by Crippen LogP contribution is -2.14. The Labute approximate surface area is 93.7 Å². The summed E-state index contributed by atoms with van der Waals surface area (Å²) >= 11 is 1.59. The number of aromatic nitrogens is 1. The first-order valence-corrected chi connectivity index (χ1v) is 5.91. The molecule has 0 aliphatic heterocycles. The van der Waals surface area contributed by atoms with Crippen molar-refractivity contribution >= 4 is 17.6 Å². The molecule has 84 valence electrons. The molecule has 0 aromatic carbocycles. The minimum atomic E-state index is -0.624. The minimum Gasteiger partial charge on any atom is -0.394 e. The summed E-state index contributed by atoms with van der Waals surface area (Å²) in [6, 6.07) is 3.91. The van der Waals surface area contributed by atoms with Gasteiger partial charge in [0, 0.05) is 24.8 Å². The van der Waals surface area contributed by atoms with Crippen molar-refractivity contribution in [1.82, 2.24) is 4.98 Å². The van der Waals surface area contributed by atoms with Crippen molar-refractivity contribution in [3.8, 4) is 0 Å². The number of rotatable bonds is 6. The van der Waals surface area contributed by atoms with Gasteiger partial charge in [0.1, 0.15) is 5.82 Å². The van der Waals surface area contributed by atoms with Crippen molar-refractivity contribution in [2.45, 2.75) is 11.9 Å². The number of nitrogens with zero attached hydrogens (tertiary/aromatic N) is 1.